The third kappa shape index (κ3) is 32.6. The van der Waals surface area contributed by atoms with Crippen LogP contribution in [0.25, 0.3) is 0 Å². The Morgan fingerprint density at radius 3 is 0.932 bits per heavy atom. The zero-order valence-corrected chi connectivity index (χ0v) is 66.2. The summed E-state index contributed by atoms with van der Waals surface area (Å²) in [6.07, 6.45) is 11.2. The molecule has 4 fully saturated rings. The number of ether oxygens (including phenoxy) is 16. The summed E-state index contributed by atoms with van der Waals surface area (Å²) in [7, 11) is 6.63. The Hall–Kier alpha value is -13.7. The van der Waals surface area contributed by atoms with Crippen LogP contribution in [-0.4, -0.2) is 154 Å². The Kier molecular flexibility index (Phi) is 38.1. The minimum Gasteiger partial charge on any atom is -0.504 e. The molecule has 0 saturated heterocycles. The lowest BCUT2D eigenvalue weighted by Gasteiger charge is -2.13. The second kappa shape index (κ2) is 49.1. The van der Waals surface area contributed by atoms with Crippen molar-refractivity contribution in [2.75, 3.05) is 62.0 Å². The van der Waals surface area contributed by atoms with Gasteiger partial charge >= 0.3 is 41.8 Å². The highest BCUT2D eigenvalue weighted by Crippen LogP contribution is 2.39. The SMILES string of the molecule is C=COC(C)=O.C=COc1cc(C(=O)OC)ccc1OCc1ccccc1.COC(=O)c1ccc(O)c(OC2CC2)c1.COC(=O)c1ccc(OCCO)c(OC2CC2)c1.COC(=O)c1ccc(OCc2ccccc2)c(O)c1.COC(=O)c1ccc(OCc2ccccc2)c(OC2CC2)c1.O=C(O)c1ccc(OCCO)c(OC2CC2)c1. The fraction of sp³-hybridized carbons (Fsp3) is 0.278. The van der Waals surface area contributed by atoms with E-state index in [-0.39, 0.29) is 85.4 Å². The van der Waals surface area contributed by atoms with Crippen LogP contribution in [0.2, 0.25) is 0 Å². The number of aromatic hydroxyl groups is 2. The quantitative estimate of drug-likeness (QED) is 0.0148. The summed E-state index contributed by atoms with van der Waals surface area (Å²) in [5.74, 6) is 1.31. The number of phenolic OH excluding ortho intramolecular Hbond substituents is 2. The summed E-state index contributed by atoms with van der Waals surface area (Å²) in [6, 6.07) is 57.5. The standard InChI is InChI=1S/C18H18O4.C17H16O4.C15H14O4.C13H16O5.C12H14O5.C11H12O4.C4H6O2/c1-20-18(19)14-7-10-16(17(11-14)22-15-8-9-15)21-12-13-5-3-2-4-6-13;1-3-20-16-11-14(17(18)19-2)9-10-15(16)21-12-13-7-5-4-6-8-13;1-18-15(17)12-7-8-14(13(16)9-12)19-10-11-5-3-2-4-6-11;1-16-13(15)9-2-5-11(17-7-6-14)12(8-9)18-10-3-4-10;13-5-6-16-10-4-1-8(12(14)15)7-11(10)17-9-2-3-9;1-14-11(13)7-2-5-9(12)10(6-7)15-8-3-4-8;1-3-6-4(2)5/h2-7,10-11,15H,8-9,12H2,1H3;3-11H,1,12H2,2H3;2-9,16H,10H2,1H3;2,5,8,10,14H,3-4,6-7H2,1H3;1,4,7,9,13H,2-3,5-6H2,(H,14,15);2,5-6,8,12H,3-4H2,1H3;3H,1H2,2H3. The first-order valence-electron chi connectivity index (χ1n) is 37.2. The average molecular weight is 1630 g/mol. The summed E-state index contributed by atoms with van der Waals surface area (Å²) in [6.45, 7) is 9.41. The molecule has 28 nitrogen and oxygen atoms in total. The molecule has 4 aliphatic carbocycles. The van der Waals surface area contributed by atoms with Crippen LogP contribution in [0.3, 0.4) is 0 Å². The first kappa shape index (κ1) is 91.5. The van der Waals surface area contributed by atoms with Crippen LogP contribution in [0.1, 0.15) is 137 Å². The molecule has 0 spiro atoms. The highest BCUT2D eigenvalue weighted by atomic mass is 16.6. The highest BCUT2D eigenvalue weighted by molar-refractivity contribution is 5.93. The van der Waals surface area contributed by atoms with Gasteiger partial charge in [-0.1, -0.05) is 104 Å². The van der Waals surface area contributed by atoms with E-state index in [1.165, 1.54) is 85.1 Å². The molecule has 0 atom stereocenters. The molecule has 28 heteroatoms. The van der Waals surface area contributed by atoms with Crippen molar-refractivity contribution < 1.29 is 135 Å². The van der Waals surface area contributed by atoms with Crippen LogP contribution in [0.4, 0.5) is 0 Å². The number of aromatic carboxylic acids is 1. The predicted molar refractivity (Wildman–Crippen MR) is 431 cm³/mol. The molecular formula is C90H96O28. The van der Waals surface area contributed by atoms with Gasteiger partial charge in [0.1, 0.15) is 33.0 Å². The number of carbonyl (C=O) groups excluding carboxylic acids is 6. The molecule has 624 valence electrons. The maximum atomic E-state index is 11.6. The highest BCUT2D eigenvalue weighted by Gasteiger charge is 2.29. The molecule has 0 aromatic heterocycles. The van der Waals surface area contributed by atoms with Crippen molar-refractivity contribution in [3.05, 3.63) is 276 Å². The zero-order valence-electron chi connectivity index (χ0n) is 66.2. The van der Waals surface area contributed by atoms with Crippen molar-refractivity contribution in [2.24, 2.45) is 0 Å². The summed E-state index contributed by atoms with van der Waals surface area (Å²) in [5, 5.41) is 45.6. The first-order valence-corrected chi connectivity index (χ1v) is 37.2. The van der Waals surface area contributed by atoms with Crippen LogP contribution in [-0.2, 0) is 53.0 Å². The second-order valence-electron chi connectivity index (χ2n) is 25.6. The Morgan fingerprint density at radius 1 is 0.339 bits per heavy atom. The van der Waals surface area contributed by atoms with E-state index in [4.69, 9.17) is 67.4 Å². The van der Waals surface area contributed by atoms with E-state index in [2.05, 4.69) is 36.8 Å². The molecule has 118 heavy (non-hydrogen) atoms. The van der Waals surface area contributed by atoms with E-state index < -0.39 is 29.8 Å². The topological polar surface area (TPSA) is 368 Å². The van der Waals surface area contributed by atoms with Crippen molar-refractivity contribution >= 4 is 41.8 Å². The van der Waals surface area contributed by atoms with Crippen molar-refractivity contribution in [2.45, 2.75) is 103 Å². The maximum Gasteiger partial charge on any atom is 0.337 e. The first-order chi connectivity index (χ1) is 57.1. The van der Waals surface area contributed by atoms with Crippen LogP contribution in [0.15, 0.2) is 226 Å². The van der Waals surface area contributed by atoms with Gasteiger partial charge in [0, 0.05) is 6.92 Å². The number of benzene rings is 9. The number of hydrogen-bond acceptors (Lipinski definition) is 27. The lowest BCUT2D eigenvalue weighted by molar-refractivity contribution is -0.135. The van der Waals surface area contributed by atoms with Gasteiger partial charge in [-0.2, -0.15) is 0 Å². The third-order valence-electron chi connectivity index (χ3n) is 16.2. The minimum absolute atomic E-state index is 0.0505. The zero-order chi connectivity index (χ0) is 85.1. The van der Waals surface area contributed by atoms with E-state index in [1.807, 2.05) is 91.0 Å². The summed E-state index contributed by atoms with van der Waals surface area (Å²) in [4.78, 5) is 77.7. The van der Waals surface area contributed by atoms with Crippen LogP contribution in [0.5, 0.6) is 69.0 Å². The smallest absolute Gasteiger partial charge is 0.337 e. The van der Waals surface area contributed by atoms with Crippen molar-refractivity contribution in [3.8, 4) is 69.0 Å². The summed E-state index contributed by atoms with van der Waals surface area (Å²) in [5.41, 5.74) is 5.22. The van der Waals surface area contributed by atoms with Gasteiger partial charge in [0.25, 0.3) is 0 Å². The Labute approximate surface area is 683 Å². The molecular weight excluding hydrogens is 1530 g/mol. The number of phenols is 2. The van der Waals surface area contributed by atoms with E-state index in [0.29, 0.717) is 99.6 Å². The average Bonchev–Trinajstić information content (AvgIpc) is 1.58. The van der Waals surface area contributed by atoms with Gasteiger partial charge in [-0.05, 0) is 177 Å². The largest absolute Gasteiger partial charge is 0.504 e. The van der Waals surface area contributed by atoms with Gasteiger partial charge in [0.15, 0.2) is 69.0 Å². The fourth-order valence-electron chi connectivity index (χ4n) is 9.67. The van der Waals surface area contributed by atoms with Crippen molar-refractivity contribution in [1.29, 1.82) is 0 Å². The molecule has 0 heterocycles. The second-order valence-corrected chi connectivity index (χ2v) is 25.6. The van der Waals surface area contributed by atoms with E-state index in [0.717, 1.165) is 74.3 Å². The normalized spacial score (nSPS) is 12.3. The number of esters is 6. The number of methoxy groups -OCH3 is 5. The molecule has 0 bridgehead atoms. The molecule has 5 N–H and O–H groups in total. The van der Waals surface area contributed by atoms with Gasteiger partial charge in [-0.25, -0.2) is 28.8 Å². The molecule has 0 aliphatic heterocycles. The van der Waals surface area contributed by atoms with Crippen LogP contribution in [0, 0.1) is 0 Å². The predicted octanol–water partition coefficient (Wildman–Crippen LogP) is 15.0. The van der Waals surface area contributed by atoms with Crippen molar-refractivity contribution in [3.63, 3.8) is 0 Å². The van der Waals surface area contributed by atoms with Gasteiger partial charge < -0.3 is 101 Å². The molecule has 9 aromatic carbocycles. The maximum absolute atomic E-state index is 11.6. The molecule has 0 radical (unpaired) electrons. The van der Waals surface area contributed by atoms with Gasteiger partial charge in [0.2, 0.25) is 0 Å². The number of carbonyl (C=O) groups is 7. The third-order valence-corrected chi connectivity index (χ3v) is 16.2. The molecule has 9 aromatic rings. The van der Waals surface area contributed by atoms with Crippen LogP contribution < -0.4 is 47.4 Å². The molecule has 4 aliphatic rings. The Balaban J connectivity index is 0.000000193. The lowest BCUT2D eigenvalue weighted by Crippen LogP contribution is -2.07. The molecule has 13 rings (SSSR count). The number of aliphatic hydroxyl groups is 2. The van der Waals surface area contributed by atoms with E-state index in [1.54, 1.807) is 72.8 Å². The summed E-state index contributed by atoms with van der Waals surface area (Å²) < 4.78 is 82.9. The monoisotopic (exact) mass is 1620 g/mol. The molecule has 0 unspecified atom stereocenters. The van der Waals surface area contributed by atoms with Crippen molar-refractivity contribution in [1.82, 2.24) is 0 Å². The van der Waals surface area contributed by atoms with Gasteiger partial charge in [-0.15, -0.1) is 0 Å². The number of carboxylic acids is 1. The molecule has 0 amide bonds. The molecule has 4 saturated carbocycles. The van der Waals surface area contributed by atoms with Gasteiger partial charge in [0.05, 0.1) is 119 Å². The number of hydrogen-bond donors (Lipinski definition) is 5. The Bertz CT molecular complexity index is 4710. The number of rotatable bonds is 32. The minimum atomic E-state index is -1.00. The Morgan fingerprint density at radius 2 is 0.627 bits per heavy atom. The van der Waals surface area contributed by atoms with E-state index >= 15 is 0 Å². The van der Waals surface area contributed by atoms with Crippen LogP contribution >= 0.6 is 0 Å². The number of aliphatic hydroxyl groups excluding tert-OH is 2. The fourth-order valence-corrected chi connectivity index (χ4v) is 9.67. The lowest BCUT2D eigenvalue weighted by atomic mass is 10.2. The van der Waals surface area contributed by atoms with Gasteiger partial charge in [-0.3, -0.25) is 4.79 Å². The number of carboxylic acid groups (broad SMARTS) is 1. The van der Waals surface area contributed by atoms with E-state index in [9.17, 15) is 43.8 Å². The summed E-state index contributed by atoms with van der Waals surface area (Å²) >= 11 is 0.